The number of benzene rings is 1. The fraction of sp³-hybridized carbons (Fsp3) is 0.500. The highest BCUT2D eigenvalue weighted by molar-refractivity contribution is 5.41. The van der Waals surface area contributed by atoms with Crippen LogP contribution in [-0.2, 0) is 6.42 Å². The van der Waals surface area contributed by atoms with Crippen molar-refractivity contribution in [1.29, 1.82) is 0 Å². The number of hydrogen-bond donors (Lipinski definition) is 2. The van der Waals surface area contributed by atoms with Crippen LogP contribution in [0.4, 0.5) is 0 Å². The lowest BCUT2D eigenvalue weighted by molar-refractivity contribution is 0.282. The van der Waals surface area contributed by atoms with Gasteiger partial charge in [0.1, 0.15) is 0 Å². The fourth-order valence-electron chi connectivity index (χ4n) is 1.45. The van der Waals surface area contributed by atoms with Gasteiger partial charge < -0.3 is 14.9 Å². The van der Waals surface area contributed by atoms with Gasteiger partial charge in [-0.3, -0.25) is 0 Å². The van der Waals surface area contributed by atoms with Crippen molar-refractivity contribution in [2.75, 3.05) is 13.2 Å². The average Bonchev–Trinajstić information content (AvgIpc) is 3.03. The van der Waals surface area contributed by atoms with Crippen LogP contribution in [0, 0.1) is 5.92 Å². The summed E-state index contributed by atoms with van der Waals surface area (Å²) in [6, 6.07) is 5.22. The van der Waals surface area contributed by atoms with Gasteiger partial charge in [-0.2, -0.15) is 0 Å². The Labute approximate surface area is 89.3 Å². The van der Waals surface area contributed by atoms with Gasteiger partial charge in [-0.15, -0.1) is 0 Å². The van der Waals surface area contributed by atoms with Gasteiger partial charge in [0.15, 0.2) is 11.5 Å². The molecule has 0 spiro atoms. The number of ether oxygens (including phenoxy) is 1. The van der Waals surface area contributed by atoms with Crippen LogP contribution < -0.4 is 4.74 Å². The van der Waals surface area contributed by atoms with Crippen LogP contribution in [0.2, 0.25) is 0 Å². The second kappa shape index (κ2) is 4.53. The molecule has 0 heterocycles. The number of phenolic OH excluding ortho intramolecular Hbond substituents is 1. The summed E-state index contributed by atoms with van der Waals surface area (Å²) < 4.78 is 5.52. The van der Waals surface area contributed by atoms with Crippen LogP contribution in [0.1, 0.15) is 18.4 Å². The normalized spacial score (nSPS) is 15.3. The second-order valence-electron chi connectivity index (χ2n) is 4.03. The Morgan fingerprint density at radius 3 is 2.80 bits per heavy atom. The zero-order valence-corrected chi connectivity index (χ0v) is 8.65. The van der Waals surface area contributed by atoms with E-state index in [1.165, 1.54) is 12.8 Å². The molecule has 2 rings (SSSR count). The quantitative estimate of drug-likeness (QED) is 0.774. The Bertz CT molecular complexity index is 332. The molecule has 0 saturated heterocycles. The predicted octanol–water partition coefficient (Wildman–Crippen LogP) is 1.72. The molecule has 15 heavy (non-hydrogen) atoms. The standard InChI is InChI=1S/C12H16O3/c13-6-5-9-3-4-11(14)12(7-9)15-8-10-1-2-10/h3-4,7,10,13-14H,1-2,5-6,8H2. The number of phenols is 1. The van der Waals surface area contributed by atoms with Gasteiger partial charge in [0.2, 0.25) is 0 Å². The van der Waals surface area contributed by atoms with E-state index in [0.29, 0.717) is 24.7 Å². The van der Waals surface area contributed by atoms with E-state index in [4.69, 9.17) is 9.84 Å². The minimum atomic E-state index is 0.118. The molecule has 1 aliphatic carbocycles. The van der Waals surface area contributed by atoms with Crippen LogP contribution in [0.5, 0.6) is 11.5 Å². The zero-order valence-electron chi connectivity index (χ0n) is 8.65. The Kier molecular flexibility index (Phi) is 3.11. The number of hydrogen-bond acceptors (Lipinski definition) is 3. The minimum Gasteiger partial charge on any atom is -0.504 e. The van der Waals surface area contributed by atoms with Crippen LogP contribution in [0.3, 0.4) is 0 Å². The maximum absolute atomic E-state index is 9.55. The number of aliphatic hydroxyl groups excluding tert-OH is 1. The molecule has 1 fully saturated rings. The average molecular weight is 208 g/mol. The van der Waals surface area contributed by atoms with E-state index < -0.39 is 0 Å². The second-order valence-corrected chi connectivity index (χ2v) is 4.03. The van der Waals surface area contributed by atoms with Crippen molar-refractivity contribution in [3.05, 3.63) is 23.8 Å². The van der Waals surface area contributed by atoms with Gasteiger partial charge in [0.05, 0.1) is 6.61 Å². The van der Waals surface area contributed by atoms with E-state index in [1.54, 1.807) is 18.2 Å². The molecular formula is C12H16O3. The lowest BCUT2D eigenvalue weighted by atomic mass is 10.1. The monoisotopic (exact) mass is 208 g/mol. The van der Waals surface area contributed by atoms with Crippen molar-refractivity contribution in [3.63, 3.8) is 0 Å². The summed E-state index contributed by atoms with van der Waals surface area (Å²) in [5, 5.41) is 18.4. The van der Waals surface area contributed by atoms with Gasteiger partial charge in [0, 0.05) is 6.61 Å². The molecule has 0 atom stereocenters. The van der Waals surface area contributed by atoms with Gasteiger partial charge >= 0.3 is 0 Å². The SMILES string of the molecule is OCCc1ccc(O)c(OCC2CC2)c1. The summed E-state index contributed by atoms with van der Waals surface area (Å²) in [5.41, 5.74) is 0.987. The summed E-state index contributed by atoms with van der Waals surface area (Å²) in [5.74, 6) is 1.39. The minimum absolute atomic E-state index is 0.118. The van der Waals surface area contributed by atoms with Crippen molar-refractivity contribution >= 4 is 0 Å². The summed E-state index contributed by atoms with van der Waals surface area (Å²) in [6.45, 7) is 0.809. The molecule has 82 valence electrons. The van der Waals surface area contributed by atoms with Crippen molar-refractivity contribution in [1.82, 2.24) is 0 Å². The number of aliphatic hydroxyl groups is 1. The van der Waals surface area contributed by atoms with E-state index >= 15 is 0 Å². The Morgan fingerprint density at radius 2 is 2.13 bits per heavy atom. The van der Waals surface area contributed by atoms with Gasteiger partial charge in [0.25, 0.3) is 0 Å². The van der Waals surface area contributed by atoms with Crippen molar-refractivity contribution < 1.29 is 14.9 Å². The van der Waals surface area contributed by atoms with E-state index in [1.807, 2.05) is 0 Å². The molecule has 1 saturated carbocycles. The summed E-state index contributed by atoms with van der Waals surface area (Å²) in [4.78, 5) is 0. The third-order valence-electron chi connectivity index (χ3n) is 2.60. The molecule has 1 aliphatic rings. The topological polar surface area (TPSA) is 49.7 Å². The first kappa shape index (κ1) is 10.3. The Balaban J connectivity index is 2.01. The van der Waals surface area contributed by atoms with Crippen molar-refractivity contribution in [3.8, 4) is 11.5 Å². The molecule has 0 radical (unpaired) electrons. The lowest BCUT2D eigenvalue weighted by Crippen LogP contribution is -2.00. The first-order valence-electron chi connectivity index (χ1n) is 5.35. The molecule has 3 heteroatoms. The Hall–Kier alpha value is -1.22. The summed E-state index contributed by atoms with van der Waals surface area (Å²) in [6.07, 6.45) is 3.06. The summed E-state index contributed by atoms with van der Waals surface area (Å²) >= 11 is 0. The Morgan fingerprint density at radius 1 is 1.33 bits per heavy atom. The van der Waals surface area contributed by atoms with Crippen molar-refractivity contribution in [2.45, 2.75) is 19.3 Å². The molecule has 1 aromatic rings. The van der Waals surface area contributed by atoms with Crippen molar-refractivity contribution in [2.24, 2.45) is 5.92 Å². The molecule has 0 amide bonds. The van der Waals surface area contributed by atoms with Gasteiger partial charge in [-0.1, -0.05) is 6.07 Å². The van der Waals surface area contributed by atoms with Gasteiger partial charge in [-0.25, -0.2) is 0 Å². The first-order chi connectivity index (χ1) is 7.29. The van der Waals surface area contributed by atoms with E-state index in [0.717, 1.165) is 5.56 Å². The third-order valence-corrected chi connectivity index (χ3v) is 2.60. The lowest BCUT2D eigenvalue weighted by Gasteiger charge is -2.08. The summed E-state index contributed by atoms with van der Waals surface area (Å²) in [7, 11) is 0. The largest absolute Gasteiger partial charge is 0.504 e. The first-order valence-corrected chi connectivity index (χ1v) is 5.35. The molecule has 2 N–H and O–H groups in total. The number of aromatic hydroxyl groups is 1. The smallest absolute Gasteiger partial charge is 0.161 e. The highest BCUT2D eigenvalue weighted by Crippen LogP contribution is 2.32. The van der Waals surface area contributed by atoms with Crippen LogP contribution >= 0.6 is 0 Å². The molecule has 0 unspecified atom stereocenters. The highest BCUT2D eigenvalue weighted by atomic mass is 16.5. The molecule has 0 aliphatic heterocycles. The predicted molar refractivity (Wildman–Crippen MR) is 57.1 cm³/mol. The maximum Gasteiger partial charge on any atom is 0.161 e. The van der Waals surface area contributed by atoms with Gasteiger partial charge in [-0.05, 0) is 42.9 Å². The van der Waals surface area contributed by atoms with E-state index in [9.17, 15) is 5.11 Å². The highest BCUT2D eigenvalue weighted by Gasteiger charge is 2.22. The fourth-order valence-corrected chi connectivity index (χ4v) is 1.45. The zero-order chi connectivity index (χ0) is 10.7. The van der Waals surface area contributed by atoms with E-state index in [-0.39, 0.29) is 12.4 Å². The molecule has 1 aromatic carbocycles. The maximum atomic E-state index is 9.55. The molecule has 0 bridgehead atoms. The molecular weight excluding hydrogens is 192 g/mol. The van der Waals surface area contributed by atoms with Crippen LogP contribution in [-0.4, -0.2) is 23.4 Å². The van der Waals surface area contributed by atoms with Crippen LogP contribution in [0.15, 0.2) is 18.2 Å². The van der Waals surface area contributed by atoms with Crippen LogP contribution in [0.25, 0.3) is 0 Å². The number of rotatable bonds is 5. The van der Waals surface area contributed by atoms with E-state index in [2.05, 4.69) is 0 Å². The molecule has 3 nitrogen and oxygen atoms in total. The third kappa shape index (κ3) is 2.86. The molecule has 0 aromatic heterocycles.